The van der Waals surface area contributed by atoms with Gasteiger partial charge in [-0.05, 0) is 31.2 Å². The van der Waals surface area contributed by atoms with E-state index in [0.717, 1.165) is 7.62 Å². The number of benzene rings is 2. The average molecular weight is 486 g/mol. The third kappa shape index (κ3) is 6.01. The summed E-state index contributed by atoms with van der Waals surface area (Å²) in [5, 5.41) is 9.04. The van der Waals surface area contributed by atoms with E-state index in [0.29, 0.717) is 5.56 Å². The number of rotatable bonds is 9. The predicted octanol–water partition coefficient (Wildman–Crippen LogP) is 2.21. The number of carbonyl (C=O) groups is 3. The van der Waals surface area contributed by atoms with E-state index in [-0.39, 0.29) is 20.0 Å². The van der Waals surface area contributed by atoms with Crippen molar-refractivity contribution in [3.63, 3.8) is 0 Å². The number of hydrogen-bond donors (Lipinski definition) is 2. The molecule has 11 heteroatoms. The first-order chi connectivity index (χ1) is 16.3. The molecule has 1 aliphatic heterocycles. The molecule has 34 heavy (non-hydrogen) atoms. The Hall–Kier alpha value is -2.78. The largest absolute Gasteiger partial charge is 0.451 e. The predicted molar refractivity (Wildman–Crippen MR) is 125 cm³/mol. The van der Waals surface area contributed by atoms with Gasteiger partial charge in [-0.25, -0.2) is 9.59 Å². The van der Waals surface area contributed by atoms with E-state index in [2.05, 4.69) is 5.00 Å². The van der Waals surface area contributed by atoms with Crippen molar-refractivity contribution in [1.82, 2.24) is 5.00 Å². The van der Waals surface area contributed by atoms with Gasteiger partial charge in [0.2, 0.25) is 11.9 Å². The van der Waals surface area contributed by atoms with Gasteiger partial charge in [0.25, 0.3) is 0 Å². The minimum absolute atomic E-state index is 0.0334. The zero-order chi connectivity index (χ0) is 24.7. The summed E-state index contributed by atoms with van der Waals surface area (Å²) in [5.74, 6) is -2.00. The molecule has 1 fully saturated rings. The van der Waals surface area contributed by atoms with Gasteiger partial charge in [0.15, 0.2) is 6.10 Å². The fourth-order valence-electron chi connectivity index (χ4n) is 3.62. The first kappa shape index (κ1) is 25.8. The van der Waals surface area contributed by atoms with Gasteiger partial charge in [-0.2, -0.15) is 0 Å². The van der Waals surface area contributed by atoms with E-state index in [1.165, 1.54) is 13.8 Å². The van der Waals surface area contributed by atoms with Crippen molar-refractivity contribution < 1.29 is 38.4 Å². The van der Waals surface area contributed by atoms with E-state index in [1.54, 1.807) is 67.6 Å². The summed E-state index contributed by atoms with van der Waals surface area (Å²) >= 11 is 0. The summed E-state index contributed by atoms with van der Waals surface area (Å²) in [6.07, 6.45) is -3.28. The molecule has 2 unspecified atom stereocenters. The molecule has 1 heterocycles. The highest BCUT2D eigenvalue weighted by Gasteiger charge is 2.62. The Balaban J connectivity index is 1.97. The second-order valence-electron chi connectivity index (χ2n) is 7.88. The van der Waals surface area contributed by atoms with Gasteiger partial charge < -0.3 is 29.0 Å². The molecule has 0 saturated carbocycles. The SMILES string of the molecule is CC(=O)OC1O[C@H]([C@@H](C)PN[B]O)[C@@H](OC(=O)c2ccccc2)[C@@]1(C)OC(=O)c1ccccc1. The van der Waals surface area contributed by atoms with E-state index >= 15 is 0 Å². The minimum atomic E-state index is -1.66. The minimum Gasteiger partial charge on any atom is -0.451 e. The van der Waals surface area contributed by atoms with E-state index in [1.807, 2.05) is 0 Å². The van der Waals surface area contributed by atoms with Crippen LogP contribution in [0.25, 0.3) is 0 Å². The number of ether oxygens (including phenoxy) is 4. The van der Waals surface area contributed by atoms with Crippen molar-refractivity contribution in [2.24, 2.45) is 0 Å². The fourth-order valence-corrected chi connectivity index (χ4v) is 4.37. The third-order valence-corrected chi connectivity index (χ3v) is 6.40. The molecule has 0 bridgehead atoms. The van der Waals surface area contributed by atoms with Crippen molar-refractivity contribution in [3.8, 4) is 0 Å². The number of carbonyl (C=O) groups excluding carboxylic acids is 3. The third-order valence-electron chi connectivity index (χ3n) is 5.32. The van der Waals surface area contributed by atoms with Crippen LogP contribution in [0.1, 0.15) is 41.5 Å². The maximum atomic E-state index is 13.0. The van der Waals surface area contributed by atoms with Crippen molar-refractivity contribution in [2.75, 3.05) is 0 Å². The molecule has 9 nitrogen and oxygen atoms in total. The summed E-state index contributed by atoms with van der Waals surface area (Å²) in [7, 11) is 0.765. The van der Waals surface area contributed by atoms with Crippen LogP contribution >= 0.6 is 8.73 Å². The summed E-state index contributed by atoms with van der Waals surface area (Å²) in [6, 6.07) is 16.6. The molecule has 1 aliphatic rings. The Morgan fingerprint density at radius 2 is 1.59 bits per heavy atom. The van der Waals surface area contributed by atoms with Gasteiger partial charge in [0, 0.05) is 12.6 Å². The lowest BCUT2D eigenvalue weighted by molar-refractivity contribution is -0.204. The molecular formula is C23H26BNO8P. The number of hydrogen-bond acceptors (Lipinski definition) is 9. The smallest absolute Gasteiger partial charge is 0.396 e. The van der Waals surface area contributed by atoms with E-state index < -0.39 is 42.0 Å². The van der Waals surface area contributed by atoms with Crippen molar-refractivity contribution in [2.45, 2.75) is 50.5 Å². The molecule has 3 rings (SSSR count). The van der Waals surface area contributed by atoms with Crippen LogP contribution in [0.4, 0.5) is 0 Å². The zero-order valence-electron chi connectivity index (χ0n) is 19.0. The maximum absolute atomic E-state index is 13.0. The summed E-state index contributed by atoms with van der Waals surface area (Å²) < 4.78 is 23.1. The first-order valence-corrected chi connectivity index (χ1v) is 11.7. The molecule has 0 aromatic heterocycles. The van der Waals surface area contributed by atoms with Crippen molar-refractivity contribution in [3.05, 3.63) is 71.8 Å². The summed E-state index contributed by atoms with van der Waals surface area (Å²) in [4.78, 5) is 40.5. The van der Waals surface area contributed by atoms with Crippen LogP contribution in [0.15, 0.2) is 60.7 Å². The monoisotopic (exact) mass is 486 g/mol. The average Bonchev–Trinajstić information content (AvgIpc) is 3.09. The maximum Gasteiger partial charge on any atom is 0.396 e. The van der Waals surface area contributed by atoms with Crippen molar-refractivity contribution in [1.29, 1.82) is 0 Å². The van der Waals surface area contributed by atoms with Gasteiger partial charge in [-0.15, -0.1) is 0 Å². The Kier molecular flexibility index (Phi) is 8.80. The second kappa shape index (κ2) is 11.6. The van der Waals surface area contributed by atoms with Gasteiger partial charge in [0.05, 0.1) is 11.1 Å². The molecule has 1 radical (unpaired) electrons. The van der Waals surface area contributed by atoms with Crippen LogP contribution in [0.5, 0.6) is 0 Å². The standard InChI is InChI=1S/C23H26BNO8P/c1-14(34-25-24-29)18-19(32-20(27)16-10-6-4-7-11-16)23(3,22(31-18)30-15(2)26)33-21(28)17-12-8-5-9-13-17/h4-14,18-19,22,25,29,34H,1-3H3/t14-,18-,19-,22?,23-/m1/s1. The number of esters is 3. The second-order valence-corrected chi connectivity index (χ2v) is 9.37. The molecule has 0 spiro atoms. The van der Waals surface area contributed by atoms with Gasteiger partial charge in [-0.1, -0.05) is 52.1 Å². The highest BCUT2D eigenvalue weighted by atomic mass is 31.1. The van der Waals surface area contributed by atoms with Crippen LogP contribution in [-0.4, -0.2) is 60.3 Å². The molecule has 6 atom stereocenters. The Bertz CT molecular complexity index is 995. The normalized spacial score (nSPS) is 25.0. The molecule has 2 aromatic rings. The van der Waals surface area contributed by atoms with Gasteiger partial charge in [-0.3, -0.25) is 4.79 Å². The van der Waals surface area contributed by atoms with E-state index in [4.69, 9.17) is 24.0 Å². The van der Waals surface area contributed by atoms with Crippen LogP contribution < -0.4 is 5.00 Å². The van der Waals surface area contributed by atoms with Crippen LogP contribution in [0.2, 0.25) is 0 Å². The highest BCUT2D eigenvalue weighted by molar-refractivity contribution is 7.38. The first-order valence-electron chi connectivity index (χ1n) is 10.6. The molecule has 2 N–H and O–H groups in total. The topological polar surface area (TPSA) is 120 Å². The van der Waals surface area contributed by atoms with Crippen molar-refractivity contribution >= 4 is 34.3 Å². The molecule has 0 amide bonds. The van der Waals surface area contributed by atoms with Crippen LogP contribution in [-0.2, 0) is 23.7 Å². The molecule has 1 saturated heterocycles. The lowest BCUT2D eigenvalue weighted by atomic mass is 9.95. The molecular weight excluding hydrogens is 460 g/mol. The highest BCUT2D eigenvalue weighted by Crippen LogP contribution is 2.42. The Labute approximate surface area is 200 Å². The Morgan fingerprint density at radius 3 is 2.12 bits per heavy atom. The lowest BCUT2D eigenvalue weighted by Gasteiger charge is -2.34. The lowest BCUT2D eigenvalue weighted by Crippen LogP contribution is -2.53. The van der Waals surface area contributed by atoms with Gasteiger partial charge >= 0.3 is 25.5 Å². The van der Waals surface area contributed by atoms with Crippen LogP contribution in [0.3, 0.4) is 0 Å². The van der Waals surface area contributed by atoms with E-state index in [9.17, 15) is 14.4 Å². The zero-order valence-corrected chi connectivity index (χ0v) is 20.0. The molecule has 179 valence electrons. The Morgan fingerprint density at radius 1 is 1.03 bits per heavy atom. The van der Waals surface area contributed by atoms with Crippen LogP contribution in [0, 0.1) is 0 Å². The van der Waals surface area contributed by atoms with Gasteiger partial charge in [0.1, 0.15) is 6.10 Å². The fraction of sp³-hybridized carbons (Fsp3) is 0.348. The summed E-state index contributed by atoms with van der Waals surface area (Å²) in [5.41, 5.74) is -1.42. The quantitative estimate of drug-likeness (QED) is 0.238. The summed E-state index contributed by atoms with van der Waals surface area (Å²) in [6.45, 7) is 4.51. The number of nitrogens with one attached hydrogen (secondary N) is 1. The molecule has 0 aliphatic carbocycles. The molecule has 2 aromatic carbocycles.